The first-order valence-corrected chi connectivity index (χ1v) is 5.86. The Bertz CT molecular complexity index is 438. The highest BCUT2D eigenvalue weighted by Crippen LogP contribution is 2.23. The van der Waals surface area contributed by atoms with Crippen LogP contribution in [-0.2, 0) is 4.74 Å². The molecule has 0 amide bonds. The van der Waals surface area contributed by atoms with Gasteiger partial charge in [0.15, 0.2) is 6.23 Å². The number of aryl methyl sites for hydroxylation is 1. The molecule has 0 saturated carbocycles. The molecule has 2 N–H and O–H groups in total. The highest BCUT2D eigenvalue weighted by atomic mass is 16.7. The van der Waals surface area contributed by atoms with Crippen LogP contribution >= 0.6 is 0 Å². The minimum absolute atomic E-state index is 0.338. The Kier molecular flexibility index (Phi) is 3.78. The van der Waals surface area contributed by atoms with E-state index in [-0.39, 0.29) is 0 Å². The topological polar surface area (TPSA) is 84.6 Å². The Morgan fingerprint density at radius 1 is 1.56 bits per heavy atom. The number of benzene rings is 1. The number of nitrogens with zero attached hydrogens (tertiary/aromatic N) is 1. The summed E-state index contributed by atoms with van der Waals surface area (Å²) >= 11 is 0. The molecule has 6 heteroatoms. The van der Waals surface area contributed by atoms with E-state index in [1.807, 2.05) is 31.2 Å². The molecule has 1 fully saturated rings. The molecule has 6 nitrogen and oxygen atoms in total. The maximum Gasteiger partial charge on any atom is 0.315 e. The van der Waals surface area contributed by atoms with Gasteiger partial charge in [0, 0.05) is 12.1 Å². The molecule has 1 aliphatic heterocycles. The zero-order valence-corrected chi connectivity index (χ0v) is 10.1. The van der Waals surface area contributed by atoms with Gasteiger partial charge in [-0.05, 0) is 31.0 Å². The van der Waals surface area contributed by atoms with Crippen LogP contribution in [-0.4, -0.2) is 28.6 Å². The summed E-state index contributed by atoms with van der Waals surface area (Å²) < 4.78 is 5.18. The molecule has 1 aromatic carbocycles. The van der Waals surface area contributed by atoms with Crippen LogP contribution in [0, 0.1) is 17.0 Å². The van der Waals surface area contributed by atoms with Crippen molar-refractivity contribution in [1.82, 2.24) is 0 Å². The fourth-order valence-electron chi connectivity index (χ4n) is 2.03. The third kappa shape index (κ3) is 2.96. The SMILES string of the molecule is Cc1cccc(NC(O)C2CCC([N+](=O)[O-])O2)c1. The van der Waals surface area contributed by atoms with E-state index in [1.54, 1.807) is 0 Å². The molecule has 0 spiro atoms. The number of hydrogen-bond acceptors (Lipinski definition) is 5. The van der Waals surface area contributed by atoms with Gasteiger partial charge in [0.1, 0.15) is 6.10 Å². The summed E-state index contributed by atoms with van der Waals surface area (Å²) in [5.74, 6) is 0. The van der Waals surface area contributed by atoms with Gasteiger partial charge in [0.25, 0.3) is 0 Å². The Labute approximate surface area is 105 Å². The van der Waals surface area contributed by atoms with Crippen molar-refractivity contribution in [3.8, 4) is 0 Å². The molecule has 18 heavy (non-hydrogen) atoms. The van der Waals surface area contributed by atoms with Crippen LogP contribution in [0.4, 0.5) is 5.69 Å². The van der Waals surface area contributed by atoms with Crippen LogP contribution < -0.4 is 5.32 Å². The van der Waals surface area contributed by atoms with Crippen LogP contribution in [0.2, 0.25) is 0 Å². The summed E-state index contributed by atoms with van der Waals surface area (Å²) in [6, 6.07) is 7.55. The summed E-state index contributed by atoms with van der Waals surface area (Å²) in [7, 11) is 0. The van der Waals surface area contributed by atoms with Crippen molar-refractivity contribution in [2.75, 3.05) is 5.32 Å². The predicted molar refractivity (Wildman–Crippen MR) is 65.7 cm³/mol. The predicted octanol–water partition coefficient (Wildman–Crippen LogP) is 1.51. The van der Waals surface area contributed by atoms with Crippen molar-refractivity contribution in [3.05, 3.63) is 39.9 Å². The van der Waals surface area contributed by atoms with Gasteiger partial charge in [-0.3, -0.25) is 10.1 Å². The van der Waals surface area contributed by atoms with E-state index >= 15 is 0 Å². The maximum absolute atomic E-state index is 10.6. The largest absolute Gasteiger partial charge is 0.371 e. The lowest BCUT2D eigenvalue weighted by Crippen LogP contribution is -2.34. The van der Waals surface area contributed by atoms with E-state index in [0.29, 0.717) is 12.8 Å². The van der Waals surface area contributed by atoms with Crippen molar-refractivity contribution in [2.24, 2.45) is 0 Å². The van der Waals surface area contributed by atoms with Crippen molar-refractivity contribution in [2.45, 2.75) is 38.3 Å². The van der Waals surface area contributed by atoms with Crippen LogP contribution in [0.15, 0.2) is 24.3 Å². The molecule has 98 valence electrons. The molecule has 2 rings (SSSR count). The fourth-order valence-corrected chi connectivity index (χ4v) is 2.03. The summed E-state index contributed by atoms with van der Waals surface area (Å²) in [6.45, 7) is 1.95. The van der Waals surface area contributed by atoms with Crippen molar-refractivity contribution >= 4 is 5.69 Å². The average Bonchev–Trinajstić information content (AvgIpc) is 2.78. The van der Waals surface area contributed by atoms with Gasteiger partial charge in [0.05, 0.1) is 4.92 Å². The molecule has 1 aliphatic rings. The molecular weight excluding hydrogens is 236 g/mol. The molecule has 0 aromatic heterocycles. The van der Waals surface area contributed by atoms with Crippen LogP contribution in [0.3, 0.4) is 0 Å². The average molecular weight is 252 g/mol. The van der Waals surface area contributed by atoms with Crippen LogP contribution in [0.5, 0.6) is 0 Å². The third-order valence-electron chi connectivity index (χ3n) is 2.95. The van der Waals surface area contributed by atoms with Crippen molar-refractivity contribution < 1.29 is 14.8 Å². The fraction of sp³-hybridized carbons (Fsp3) is 0.500. The summed E-state index contributed by atoms with van der Waals surface area (Å²) in [5.41, 5.74) is 1.85. The minimum atomic E-state index is -0.996. The summed E-state index contributed by atoms with van der Waals surface area (Å²) in [4.78, 5) is 10.1. The van der Waals surface area contributed by atoms with Gasteiger partial charge in [-0.25, -0.2) is 0 Å². The highest BCUT2D eigenvalue weighted by Gasteiger charge is 2.37. The molecule has 0 bridgehead atoms. The third-order valence-corrected chi connectivity index (χ3v) is 2.95. The number of nitro groups is 1. The van der Waals surface area contributed by atoms with E-state index in [0.717, 1.165) is 11.3 Å². The molecule has 1 heterocycles. The Morgan fingerprint density at radius 2 is 2.33 bits per heavy atom. The summed E-state index contributed by atoms with van der Waals surface area (Å²) in [6.07, 6.45) is -1.66. The molecule has 0 radical (unpaired) electrons. The van der Waals surface area contributed by atoms with Gasteiger partial charge < -0.3 is 15.2 Å². The number of ether oxygens (including phenoxy) is 1. The smallest absolute Gasteiger partial charge is 0.315 e. The maximum atomic E-state index is 10.6. The lowest BCUT2D eigenvalue weighted by molar-refractivity contribution is -0.572. The second kappa shape index (κ2) is 5.32. The van der Waals surface area contributed by atoms with E-state index in [1.165, 1.54) is 0 Å². The lowest BCUT2D eigenvalue weighted by atomic mass is 10.2. The number of aliphatic hydroxyl groups excluding tert-OH is 1. The lowest BCUT2D eigenvalue weighted by Gasteiger charge is -2.19. The van der Waals surface area contributed by atoms with E-state index in [2.05, 4.69) is 5.32 Å². The molecule has 3 atom stereocenters. The first-order valence-electron chi connectivity index (χ1n) is 5.86. The standard InChI is InChI=1S/C12H16N2O4/c1-8-3-2-4-9(7-8)13-12(15)10-5-6-11(18-10)14(16)17/h2-4,7,10-13,15H,5-6H2,1H3. The first kappa shape index (κ1) is 12.8. The molecule has 3 unspecified atom stereocenters. The van der Waals surface area contributed by atoms with Crippen molar-refractivity contribution in [3.63, 3.8) is 0 Å². The second-order valence-corrected chi connectivity index (χ2v) is 4.45. The number of anilines is 1. The number of hydrogen-bond donors (Lipinski definition) is 2. The number of nitrogens with one attached hydrogen (secondary N) is 1. The minimum Gasteiger partial charge on any atom is -0.371 e. The number of rotatable bonds is 4. The second-order valence-electron chi connectivity index (χ2n) is 4.45. The zero-order chi connectivity index (χ0) is 13.1. The Balaban J connectivity index is 1.93. The monoisotopic (exact) mass is 252 g/mol. The number of aliphatic hydroxyl groups is 1. The highest BCUT2D eigenvalue weighted by molar-refractivity contribution is 5.45. The normalized spacial score (nSPS) is 24.8. The van der Waals surface area contributed by atoms with Gasteiger partial charge >= 0.3 is 6.23 Å². The molecule has 1 saturated heterocycles. The first-order chi connectivity index (χ1) is 8.56. The van der Waals surface area contributed by atoms with E-state index in [4.69, 9.17) is 4.74 Å². The Hall–Kier alpha value is -1.66. The van der Waals surface area contributed by atoms with Gasteiger partial charge in [-0.1, -0.05) is 12.1 Å². The molecule has 1 aromatic rings. The van der Waals surface area contributed by atoms with Crippen LogP contribution in [0.25, 0.3) is 0 Å². The van der Waals surface area contributed by atoms with E-state index in [9.17, 15) is 15.2 Å². The molecular formula is C12H16N2O4. The quantitative estimate of drug-likeness (QED) is 0.482. The van der Waals surface area contributed by atoms with Crippen molar-refractivity contribution in [1.29, 1.82) is 0 Å². The van der Waals surface area contributed by atoms with E-state index < -0.39 is 23.5 Å². The van der Waals surface area contributed by atoms with Gasteiger partial charge in [-0.2, -0.15) is 0 Å². The van der Waals surface area contributed by atoms with Gasteiger partial charge in [0.2, 0.25) is 0 Å². The van der Waals surface area contributed by atoms with Crippen LogP contribution in [0.1, 0.15) is 18.4 Å². The Morgan fingerprint density at radius 3 is 2.94 bits per heavy atom. The molecule has 0 aliphatic carbocycles. The zero-order valence-electron chi connectivity index (χ0n) is 10.1. The summed E-state index contributed by atoms with van der Waals surface area (Å²) in [5, 5.41) is 23.4. The van der Waals surface area contributed by atoms with Gasteiger partial charge in [-0.15, -0.1) is 0 Å².